The smallest absolute Gasteiger partial charge is 0.157 e. The van der Waals surface area contributed by atoms with Gasteiger partial charge in [0, 0.05) is 30.7 Å². The maximum atomic E-state index is 11.9. The predicted molar refractivity (Wildman–Crippen MR) is 89.8 cm³/mol. The Labute approximate surface area is 130 Å². The highest BCUT2D eigenvalue weighted by molar-refractivity contribution is 6.30. The van der Waals surface area contributed by atoms with Gasteiger partial charge in [-0.15, -0.1) is 0 Å². The summed E-state index contributed by atoms with van der Waals surface area (Å²) in [4.78, 5) is 13.9. The van der Waals surface area contributed by atoms with Crippen molar-refractivity contribution in [3.8, 4) is 0 Å². The van der Waals surface area contributed by atoms with Crippen molar-refractivity contribution in [2.24, 2.45) is 0 Å². The lowest BCUT2D eigenvalue weighted by molar-refractivity contribution is -0.114. The van der Waals surface area contributed by atoms with Gasteiger partial charge in [-0.1, -0.05) is 48.0 Å². The van der Waals surface area contributed by atoms with Crippen molar-refractivity contribution in [1.82, 2.24) is 0 Å². The molecule has 0 bridgehead atoms. The van der Waals surface area contributed by atoms with Crippen LogP contribution >= 0.6 is 11.6 Å². The molecule has 0 aromatic heterocycles. The summed E-state index contributed by atoms with van der Waals surface area (Å²) in [5, 5.41) is 0.717. The molecule has 0 unspecified atom stereocenters. The Kier molecular flexibility index (Phi) is 5.59. The molecule has 0 N–H and O–H groups in total. The van der Waals surface area contributed by atoms with Crippen molar-refractivity contribution in [1.29, 1.82) is 0 Å². The first-order valence-corrected chi connectivity index (χ1v) is 7.25. The van der Waals surface area contributed by atoms with Gasteiger partial charge in [0.2, 0.25) is 0 Å². The average Bonchev–Trinajstić information content (AvgIpc) is 2.52. The van der Waals surface area contributed by atoms with Gasteiger partial charge >= 0.3 is 0 Å². The van der Waals surface area contributed by atoms with Crippen LogP contribution < -0.4 is 4.90 Å². The lowest BCUT2D eigenvalue weighted by Gasteiger charge is -2.18. The zero-order chi connectivity index (χ0) is 15.1. The number of carbonyl (C=O) groups excluding carboxylic acids is 1. The average molecular weight is 300 g/mol. The number of nitrogens with zero attached hydrogens (tertiary/aromatic N) is 1. The number of ketones is 1. The van der Waals surface area contributed by atoms with E-state index in [9.17, 15) is 4.79 Å². The second-order valence-electron chi connectivity index (χ2n) is 4.86. The van der Waals surface area contributed by atoms with Crippen LogP contribution in [0.2, 0.25) is 5.02 Å². The summed E-state index contributed by atoms with van der Waals surface area (Å²) in [6.45, 7) is 0.680. The van der Waals surface area contributed by atoms with Crippen LogP contribution in [-0.2, 0) is 4.79 Å². The SMILES string of the molecule is CN(CCC(=O)/C=C/c1ccccc1)c1ccc(Cl)cc1. The van der Waals surface area contributed by atoms with E-state index in [1.807, 2.05) is 72.6 Å². The Balaban J connectivity index is 1.83. The molecule has 0 aliphatic heterocycles. The minimum absolute atomic E-state index is 0.125. The maximum absolute atomic E-state index is 11.9. The van der Waals surface area contributed by atoms with Gasteiger partial charge in [0.1, 0.15) is 0 Å². The lowest BCUT2D eigenvalue weighted by atomic mass is 10.1. The van der Waals surface area contributed by atoms with Crippen molar-refractivity contribution in [3.05, 3.63) is 71.3 Å². The van der Waals surface area contributed by atoms with E-state index in [1.165, 1.54) is 0 Å². The summed E-state index contributed by atoms with van der Waals surface area (Å²) in [5.74, 6) is 0.125. The fourth-order valence-corrected chi connectivity index (χ4v) is 2.07. The molecule has 0 aliphatic carbocycles. The fourth-order valence-electron chi connectivity index (χ4n) is 1.94. The second kappa shape index (κ2) is 7.65. The van der Waals surface area contributed by atoms with Gasteiger partial charge in [0.15, 0.2) is 5.78 Å². The third-order valence-electron chi connectivity index (χ3n) is 3.22. The highest BCUT2D eigenvalue weighted by Crippen LogP contribution is 2.16. The Bertz CT molecular complexity index is 605. The molecule has 0 atom stereocenters. The molecular formula is C18H18ClNO. The van der Waals surface area contributed by atoms with Crippen molar-refractivity contribution in [3.63, 3.8) is 0 Å². The van der Waals surface area contributed by atoms with Gasteiger partial charge in [0.05, 0.1) is 0 Å². The highest BCUT2D eigenvalue weighted by Gasteiger charge is 2.03. The van der Waals surface area contributed by atoms with Gasteiger partial charge < -0.3 is 4.90 Å². The molecule has 0 heterocycles. The largest absolute Gasteiger partial charge is 0.374 e. The van der Waals surface area contributed by atoms with E-state index in [4.69, 9.17) is 11.6 Å². The van der Waals surface area contributed by atoms with Crippen LogP contribution in [0.5, 0.6) is 0 Å². The number of rotatable bonds is 6. The fraction of sp³-hybridized carbons (Fsp3) is 0.167. The van der Waals surface area contributed by atoms with Gasteiger partial charge in [-0.2, -0.15) is 0 Å². The molecule has 0 saturated heterocycles. The first-order chi connectivity index (χ1) is 10.1. The Morgan fingerprint density at radius 3 is 2.43 bits per heavy atom. The summed E-state index contributed by atoms with van der Waals surface area (Å²) in [6.07, 6.45) is 3.98. The van der Waals surface area contributed by atoms with E-state index >= 15 is 0 Å². The molecule has 2 aromatic rings. The summed E-state index contributed by atoms with van der Waals surface area (Å²) >= 11 is 5.86. The number of allylic oxidation sites excluding steroid dienone is 1. The van der Waals surface area contributed by atoms with Crippen LogP contribution in [-0.4, -0.2) is 19.4 Å². The molecule has 0 saturated carbocycles. The Morgan fingerprint density at radius 2 is 1.76 bits per heavy atom. The van der Waals surface area contributed by atoms with E-state index in [-0.39, 0.29) is 5.78 Å². The van der Waals surface area contributed by atoms with E-state index in [0.717, 1.165) is 11.3 Å². The summed E-state index contributed by atoms with van der Waals surface area (Å²) < 4.78 is 0. The third-order valence-corrected chi connectivity index (χ3v) is 3.47. The minimum Gasteiger partial charge on any atom is -0.374 e. The summed E-state index contributed by atoms with van der Waals surface area (Å²) in [5.41, 5.74) is 2.09. The number of benzene rings is 2. The predicted octanol–water partition coefficient (Wildman–Crippen LogP) is 4.45. The topological polar surface area (TPSA) is 20.3 Å². The van der Waals surface area contributed by atoms with Crippen LogP contribution in [0.4, 0.5) is 5.69 Å². The quantitative estimate of drug-likeness (QED) is 0.735. The molecule has 2 rings (SSSR count). The first-order valence-electron chi connectivity index (χ1n) is 6.88. The molecule has 108 valence electrons. The molecule has 2 nitrogen and oxygen atoms in total. The number of anilines is 1. The molecule has 0 aliphatic rings. The normalized spacial score (nSPS) is 10.8. The molecule has 2 aromatic carbocycles. The second-order valence-corrected chi connectivity index (χ2v) is 5.29. The molecule has 3 heteroatoms. The third kappa shape index (κ3) is 5.09. The zero-order valence-corrected chi connectivity index (χ0v) is 12.8. The van der Waals surface area contributed by atoms with E-state index in [0.29, 0.717) is 18.0 Å². The van der Waals surface area contributed by atoms with Crippen LogP contribution in [0, 0.1) is 0 Å². The van der Waals surface area contributed by atoms with Crippen molar-refractivity contribution in [2.45, 2.75) is 6.42 Å². The van der Waals surface area contributed by atoms with Crippen LogP contribution in [0.3, 0.4) is 0 Å². The highest BCUT2D eigenvalue weighted by atomic mass is 35.5. The summed E-state index contributed by atoms with van der Waals surface area (Å²) in [6, 6.07) is 17.4. The summed E-state index contributed by atoms with van der Waals surface area (Å²) in [7, 11) is 1.97. The molecule has 0 amide bonds. The molecule has 0 radical (unpaired) electrons. The van der Waals surface area contributed by atoms with Gasteiger partial charge in [0.25, 0.3) is 0 Å². The van der Waals surface area contributed by atoms with Gasteiger partial charge in [-0.3, -0.25) is 4.79 Å². The van der Waals surface area contributed by atoms with Crippen molar-refractivity contribution in [2.75, 3.05) is 18.5 Å². The Hall–Kier alpha value is -2.06. The molecule has 21 heavy (non-hydrogen) atoms. The maximum Gasteiger partial charge on any atom is 0.157 e. The van der Waals surface area contributed by atoms with Crippen molar-refractivity contribution < 1.29 is 4.79 Å². The van der Waals surface area contributed by atoms with Crippen LogP contribution in [0.25, 0.3) is 6.08 Å². The number of halogens is 1. The number of hydrogen-bond donors (Lipinski definition) is 0. The van der Waals surface area contributed by atoms with Gasteiger partial charge in [-0.05, 0) is 35.9 Å². The monoisotopic (exact) mass is 299 g/mol. The van der Waals surface area contributed by atoms with Crippen LogP contribution in [0.15, 0.2) is 60.7 Å². The molecular weight excluding hydrogens is 282 g/mol. The zero-order valence-electron chi connectivity index (χ0n) is 12.0. The van der Waals surface area contributed by atoms with E-state index < -0.39 is 0 Å². The Morgan fingerprint density at radius 1 is 1.10 bits per heavy atom. The van der Waals surface area contributed by atoms with Crippen molar-refractivity contribution >= 4 is 29.1 Å². The van der Waals surface area contributed by atoms with E-state index in [1.54, 1.807) is 6.08 Å². The van der Waals surface area contributed by atoms with Crippen LogP contribution in [0.1, 0.15) is 12.0 Å². The van der Waals surface area contributed by atoms with E-state index in [2.05, 4.69) is 0 Å². The first kappa shape index (κ1) is 15.3. The molecule has 0 fully saturated rings. The number of carbonyl (C=O) groups is 1. The molecule has 0 spiro atoms. The lowest BCUT2D eigenvalue weighted by Crippen LogP contribution is -2.20. The standard InChI is InChI=1S/C18H18ClNO/c1-20(17-10-8-16(19)9-11-17)14-13-18(21)12-7-15-5-3-2-4-6-15/h2-12H,13-14H2,1H3/b12-7+. The van der Waals surface area contributed by atoms with Gasteiger partial charge in [-0.25, -0.2) is 0 Å². The minimum atomic E-state index is 0.125. The number of hydrogen-bond acceptors (Lipinski definition) is 2.